The topological polar surface area (TPSA) is 102 Å². The second-order valence-corrected chi connectivity index (χ2v) is 3.89. The Hall–Kier alpha value is -1.66. The van der Waals surface area contributed by atoms with E-state index in [1.807, 2.05) is 0 Å². The number of aromatic amines is 1. The molecule has 2 atom stereocenters. The SMILES string of the molecule is CC(=O)NCC(O)C(O)c1c[nH]c(=O)c(C)c1. The van der Waals surface area contributed by atoms with Crippen molar-refractivity contribution in [1.82, 2.24) is 10.3 Å². The standard InChI is InChI=1S/C11H16N2O4/c1-6-3-8(4-13-11(6)17)10(16)9(15)5-12-7(2)14/h3-4,9-10,15-16H,5H2,1-2H3,(H,12,14)(H,13,17). The molecular weight excluding hydrogens is 224 g/mol. The Morgan fingerprint density at radius 2 is 2.18 bits per heavy atom. The number of hydrogen-bond donors (Lipinski definition) is 4. The van der Waals surface area contributed by atoms with E-state index in [2.05, 4.69) is 10.3 Å². The van der Waals surface area contributed by atoms with Gasteiger partial charge in [0.1, 0.15) is 12.2 Å². The highest BCUT2D eigenvalue weighted by Crippen LogP contribution is 2.15. The lowest BCUT2D eigenvalue weighted by atomic mass is 10.1. The summed E-state index contributed by atoms with van der Waals surface area (Å²) in [5.41, 5.74) is 0.616. The van der Waals surface area contributed by atoms with Crippen LogP contribution in [0.4, 0.5) is 0 Å². The summed E-state index contributed by atoms with van der Waals surface area (Å²) in [5, 5.41) is 21.8. The lowest BCUT2D eigenvalue weighted by Crippen LogP contribution is -2.34. The Bertz CT molecular complexity index is 455. The van der Waals surface area contributed by atoms with Gasteiger partial charge in [0.15, 0.2) is 0 Å². The highest BCUT2D eigenvalue weighted by molar-refractivity contribution is 5.72. The number of nitrogens with one attached hydrogen (secondary N) is 2. The summed E-state index contributed by atoms with van der Waals surface area (Å²) in [6, 6.07) is 1.50. The van der Waals surface area contributed by atoms with E-state index in [0.717, 1.165) is 0 Å². The highest BCUT2D eigenvalue weighted by Gasteiger charge is 2.19. The molecule has 1 amide bonds. The molecule has 0 aliphatic rings. The number of pyridine rings is 1. The Morgan fingerprint density at radius 3 is 2.71 bits per heavy atom. The fourth-order valence-corrected chi connectivity index (χ4v) is 1.37. The molecule has 0 aromatic carbocycles. The molecule has 6 nitrogen and oxygen atoms in total. The van der Waals surface area contributed by atoms with Crippen LogP contribution in [-0.2, 0) is 4.79 Å². The van der Waals surface area contributed by atoms with Gasteiger partial charge in [-0.3, -0.25) is 9.59 Å². The second kappa shape index (κ2) is 5.60. The zero-order valence-electron chi connectivity index (χ0n) is 9.73. The van der Waals surface area contributed by atoms with Crippen molar-refractivity contribution < 1.29 is 15.0 Å². The van der Waals surface area contributed by atoms with E-state index < -0.39 is 12.2 Å². The van der Waals surface area contributed by atoms with Gasteiger partial charge >= 0.3 is 0 Å². The molecule has 94 valence electrons. The van der Waals surface area contributed by atoms with E-state index in [9.17, 15) is 19.8 Å². The molecule has 1 rings (SSSR count). The summed E-state index contributed by atoms with van der Waals surface area (Å²) < 4.78 is 0. The molecule has 17 heavy (non-hydrogen) atoms. The Labute approximate surface area is 98.3 Å². The van der Waals surface area contributed by atoms with Gasteiger partial charge in [0.05, 0.1) is 0 Å². The molecule has 1 heterocycles. The molecule has 0 spiro atoms. The first kappa shape index (κ1) is 13.4. The van der Waals surface area contributed by atoms with Crippen molar-refractivity contribution in [3.63, 3.8) is 0 Å². The summed E-state index contributed by atoms with van der Waals surface area (Å²) >= 11 is 0. The molecule has 0 saturated carbocycles. The zero-order chi connectivity index (χ0) is 13.0. The van der Waals surface area contributed by atoms with Gasteiger partial charge in [0.2, 0.25) is 5.91 Å². The smallest absolute Gasteiger partial charge is 0.250 e. The average molecular weight is 240 g/mol. The lowest BCUT2D eigenvalue weighted by molar-refractivity contribution is -0.119. The lowest BCUT2D eigenvalue weighted by Gasteiger charge is -2.18. The predicted molar refractivity (Wildman–Crippen MR) is 61.5 cm³/mol. The van der Waals surface area contributed by atoms with Gasteiger partial charge in [0, 0.05) is 25.2 Å². The minimum Gasteiger partial charge on any atom is -0.388 e. The van der Waals surface area contributed by atoms with Crippen molar-refractivity contribution >= 4 is 5.91 Å². The number of rotatable bonds is 4. The van der Waals surface area contributed by atoms with Crippen LogP contribution >= 0.6 is 0 Å². The van der Waals surface area contributed by atoms with Gasteiger partial charge in [-0.2, -0.15) is 0 Å². The molecule has 1 aromatic heterocycles. The molecule has 0 fully saturated rings. The van der Waals surface area contributed by atoms with E-state index in [1.165, 1.54) is 19.2 Å². The fraction of sp³-hybridized carbons (Fsp3) is 0.455. The van der Waals surface area contributed by atoms with Crippen molar-refractivity contribution in [1.29, 1.82) is 0 Å². The van der Waals surface area contributed by atoms with Gasteiger partial charge in [-0.05, 0) is 18.6 Å². The summed E-state index contributed by atoms with van der Waals surface area (Å²) in [6.45, 7) is 2.88. The van der Waals surface area contributed by atoms with Crippen molar-refractivity contribution in [3.8, 4) is 0 Å². The second-order valence-electron chi connectivity index (χ2n) is 3.89. The number of carbonyl (C=O) groups excluding carboxylic acids is 1. The summed E-state index contributed by atoms with van der Waals surface area (Å²) in [7, 11) is 0. The highest BCUT2D eigenvalue weighted by atomic mass is 16.3. The number of aliphatic hydroxyl groups excluding tert-OH is 2. The van der Waals surface area contributed by atoms with Gasteiger partial charge in [-0.15, -0.1) is 0 Å². The van der Waals surface area contributed by atoms with Gasteiger partial charge in [-0.1, -0.05) is 0 Å². The number of hydrogen-bond acceptors (Lipinski definition) is 4. The fourth-order valence-electron chi connectivity index (χ4n) is 1.37. The Morgan fingerprint density at radius 1 is 1.53 bits per heavy atom. The van der Waals surface area contributed by atoms with Crippen molar-refractivity contribution in [2.24, 2.45) is 0 Å². The molecule has 0 radical (unpaired) electrons. The maximum atomic E-state index is 11.1. The Balaban J connectivity index is 2.74. The normalized spacial score (nSPS) is 14.1. The summed E-state index contributed by atoms with van der Waals surface area (Å²) in [6.07, 6.45) is -0.932. The minimum atomic E-state index is -1.16. The number of aromatic nitrogens is 1. The van der Waals surface area contributed by atoms with Crippen molar-refractivity contribution in [3.05, 3.63) is 33.7 Å². The third-order valence-electron chi connectivity index (χ3n) is 2.38. The van der Waals surface area contributed by atoms with Crippen LogP contribution in [0.15, 0.2) is 17.1 Å². The summed E-state index contributed by atoms with van der Waals surface area (Å²) in [4.78, 5) is 24.2. The van der Waals surface area contributed by atoms with Crippen LogP contribution in [0.5, 0.6) is 0 Å². The number of aliphatic hydroxyl groups is 2. The number of H-pyrrole nitrogens is 1. The van der Waals surface area contributed by atoms with Crippen LogP contribution in [0.3, 0.4) is 0 Å². The first-order chi connectivity index (χ1) is 7.91. The monoisotopic (exact) mass is 240 g/mol. The van der Waals surface area contributed by atoms with E-state index in [-0.39, 0.29) is 18.0 Å². The quantitative estimate of drug-likeness (QED) is 0.554. The molecule has 0 bridgehead atoms. The zero-order valence-corrected chi connectivity index (χ0v) is 9.73. The summed E-state index contributed by atoms with van der Waals surface area (Å²) in [5.74, 6) is -0.283. The van der Waals surface area contributed by atoms with E-state index in [4.69, 9.17) is 0 Å². The minimum absolute atomic E-state index is 0.0470. The third kappa shape index (κ3) is 3.69. The van der Waals surface area contributed by atoms with Gasteiger partial charge in [0.25, 0.3) is 5.56 Å². The van der Waals surface area contributed by atoms with Crippen LogP contribution in [-0.4, -0.2) is 33.8 Å². The number of aryl methyl sites for hydroxylation is 1. The molecular formula is C11H16N2O4. The third-order valence-corrected chi connectivity index (χ3v) is 2.38. The molecule has 1 aromatic rings. The first-order valence-electron chi connectivity index (χ1n) is 5.21. The molecule has 0 aliphatic carbocycles. The van der Waals surface area contributed by atoms with Crippen LogP contribution in [0.2, 0.25) is 0 Å². The Kier molecular flexibility index (Phi) is 4.42. The van der Waals surface area contributed by atoms with Crippen LogP contribution in [0, 0.1) is 6.92 Å². The maximum Gasteiger partial charge on any atom is 0.250 e. The van der Waals surface area contributed by atoms with E-state index in [1.54, 1.807) is 6.92 Å². The van der Waals surface area contributed by atoms with Crippen molar-refractivity contribution in [2.45, 2.75) is 26.1 Å². The number of amides is 1. The van der Waals surface area contributed by atoms with Crippen LogP contribution in [0.1, 0.15) is 24.2 Å². The molecule has 0 aliphatic heterocycles. The molecule has 4 N–H and O–H groups in total. The molecule has 0 saturated heterocycles. The van der Waals surface area contributed by atoms with Gasteiger partial charge in [-0.25, -0.2) is 0 Å². The van der Waals surface area contributed by atoms with Crippen LogP contribution < -0.4 is 10.9 Å². The molecule has 6 heteroatoms. The molecule has 2 unspecified atom stereocenters. The van der Waals surface area contributed by atoms with Crippen molar-refractivity contribution in [2.75, 3.05) is 6.54 Å². The maximum absolute atomic E-state index is 11.1. The first-order valence-corrected chi connectivity index (χ1v) is 5.21. The number of carbonyl (C=O) groups is 1. The largest absolute Gasteiger partial charge is 0.388 e. The van der Waals surface area contributed by atoms with E-state index in [0.29, 0.717) is 11.1 Å². The predicted octanol–water partition coefficient (Wildman–Crippen LogP) is -0.786. The van der Waals surface area contributed by atoms with Gasteiger partial charge < -0.3 is 20.5 Å². The van der Waals surface area contributed by atoms with Crippen LogP contribution in [0.25, 0.3) is 0 Å². The average Bonchev–Trinajstić information content (AvgIpc) is 2.28. The van der Waals surface area contributed by atoms with E-state index >= 15 is 0 Å².